The maximum Gasteiger partial charge on any atom is 0.300 e. The number of amides is 2. The molecule has 3 heterocycles. The molecule has 4 N–H and O–H groups in total. The average molecular weight is 404 g/mol. The molecule has 0 unspecified atom stereocenters. The zero-order valence-corrected chi connectivity index (χ0v) is 15.5. The molecule has 142 valence electrons. The van der Waals surface area contributed by atoms with Crippen LogP contribution in [0.1, 0.15) is 9.67 Å². The maximum atomic E-state index is 12.5. The molecule has 0 aliphatic rings. The van der Waals surface area contributed by atoms with Crippen molar-refractivity contribution in [1.29, 1.82) is 0 Å². The summed E-state index contributed by atoms with van der Waals surface area (Å²) in [4.78, 5) is 42.7. The normalized spacial score (nSPS) is 10.4. The first-order valence-corrected chi connectivity index (χ1v) is 9.07. The highest BCUT2D eigenvalue weighted by molar-refractivity contribution is 7.20. The second-order valence-corrected chi connectivity index (χ2v) is 6.92. The summed E-state index contributed by atoms with van der Waals surface area (Å²) in [6, 6.07) is 10.3. The van der Waals surface area contributed by atoms with Gasteiger partial charge in [-0.2, -0.15) is 5.10 Å². The van der Waals surface area contributed by atoms with Crippen LogP contribution in [-0.4, -0.2) is 32.0 Å². The number of hydrogen-bond acceptors (Lipinski definition) is 6. The summed E-state index contributed by atoms with van der Waals surface area (Å²) in [5.74, 6) is 1.39. The van der Waals surface area contributed by atoms with Gasteiger partial charge in [-0.3, -0.25) is 19.5 Å². The Hall–Kier alpha value is -4.23. The van der Waals surface area contributed by atoms with E-state index in [1.807, 2.05) is 12.0 Å². The summed E-state index contributed by atoms with van der Waals surface area (Å²) in [5, 5.41) is 12.2. The second kappa shape index (κ2) is 7.41. The van der Waals surface area contributed by atoms with Gasteiger partial charge in [0.25, 0.3) is 17.4 Å². The fourth-order valence-electron chi connectivity index (χ4n) is 2.59. The molecule has 3 aromatic heterocycles. The molecule has 10 heteroatoms. The molecule has 0 aliphatic carbocycles. The summed E-state index contributed by atoms with van der Waals surface area (Å²) >= 11 is 1.13. The number of carbonyl (C=O) groups is 2. The van der Waals surface area contributed by atoms with E-state index in [0.29, 0.717) is 32.4 Å². The van der Waals surface area contributed by atoms with Gasteiger partial charge in [0.2, 0.25) is 0 Å². The van der Waals surface area contributed by atoms with Crippen molar-refractivity contribution in [3.05, 3.63) is 57.8 Å². The second-order valence-electron chi connectivity index (χ2n) is 5.87. The van der Waals surface area contributed by atoms with Gasteiger partial charge in [-0.15, -0.1) is 17.8 Å². The van der Waals surface area contributed by atoms with Crippen LogP contribution < -0.4 is 16.2 Å². The molecule has 4 aromatic rings. The van der Waals surface area contributed by atoms with Gasteiger partial charge < -0.3 is 15.6 Å². The van der Waals surface area contributed by atoms with Gasteiger partial charge in [0.15, 0.2) is 5.82 Å². The number of rotatable bonds is 4. The van der Waals surface area contributed by atoms with Crippen molar-refractivity contribution in [3.63, 3.8) is 0 Å². The smallest absolute Gasteiger partial charge is 0.300 e. The minimum atomic E-state index is -0.543. The van der Waals surface area contributed by atoms with Crippen LogP contribution in [0.3, 0.4) is 0 Å². The lowest BCUT2D eigenvalue weighted by atomic mass is 10.1. The number of anilines is 2. The van der Waals surface area contributed by atoms with Gasteiger partial charge >= 0.3 is 0 Å². The molecule has 4 rings (SSSR count). The highest BCUT2D eigenvalue weighted by Crippen LogP contribution is 2.25. The van der Waals surface area contributed by atoms with Gasteiger partial charge in [-0.25, -0.2) is 4.98 Å². The maximum absolute atomic E-state index is 12.5. The number of benzene rings is 1. The van der Waals surface area contributed by atoms with Gasteiger partial charge in [0.05, 0.1) is 22.3 Å². The van der Waals surface area contributed by atoms with E-state index in [1.165, 1.54) is 0 Å². The van der Waals surface area contributed by atoms with E-state index in [1.54, 1.807) is 30.3 Å². The summed E-state index contributed by atoms with van der Waals surface area (Å²) in [6.07, 6.45) is 6.22. The molecule has 0 atom stereocenters. The van der Waals surface area contributed by atoms with Crippen LogP contribution in [0.2, 0.25) is 0 Å². The van der Waals surface area contributed by atoms with Crippen molar-refractivity contribution in [2.45, 2.75) is 0 Å². The molecule has 2 amide bonds. The Morgan fingerprint density at radius 3 is 2.86 bits per heavy atom. The van der Waals surface area contributed by atoms with E-state index in [4.69, 9.17) is 6.42 Å². The standard InChI is InChI=1S/C19H12N6O3S/c1-2-16(26)21-11-5-3-4-10(6-11)12-8-15(25-24-12)22-18(28)14-7-13-19(29-14)23-17(27)9-20-13/h1,3-9H,(H,21,26)(H,23,27)(H2,22,24,25,28). The Labute approximate surface area is 167 Å². The zero-order valence-electron chi connectivity index (χ0n) is 14.6. The molecule has 0 aliphatic heterocycles. The van der Waals surface area contributed by atoms with Gasteiger partial charge in [0.1, 0.15) is 4.83 Å². The lowest BCUT2D eigenvalue weighted by Crippen LogP contribution is -2.10. The molecule has 1 aromatic carbocycles. The lowest BCUT2D eigenvalue weighted by Gasteiger charge is -2.03. The van der Waals surface area contributed by atoms with Gasteiger partial charge in [0, 0.05) is 17.3 Å². The van der Waals surface area contributed by atoms with Gasteiger partial charge in [-0.05, 0) is 24.1 Å². The number of aromatic nitrogens is 4. The first kappa shape index (κ1) is 18.1. The lowest BCUT2D eigenvalue weighted by molar-refractivity contribution is -0.111. The number of hydrogen-bond donors (Lipinski definition) is 4. The number of nitrogens with one attached hydrogen (secondary N) is 4. The average Bonchev–Trinajstić information content (AvgIpc) is 3.34. The van der Waals surface area contributed by atoms with Crippen LogP contribution in [0.25, 0.3) is 21.6 Å². The van der Waals surface area contributed by atoms with Crippen LogP contribution in [0.15, 0.2) is 47.4 Å². The first-order valence-electron chi connectivity index (χ1n) is 8.25. The molecule has 0 saturated heterocycles. The number of H-pyrrole nitrogens is 2. The van der Waals surface area contributed by atoms with E-state index in [-0.39, 0.29) is 11.5 Å². The van der Waals surface area contributed by atoms with Gasteiger partial charge in [-0.1, -0.05) is 12.1 Å². The molecule has 0 saturated carbocycles. The number of carbonyl (C=O) groups excluding carboxylic acids is 2. The number of nitrogens with zero attached hydrogens (tertiary/aromatic N) is 2. The summed E-state index contributed by atoms with van der Waals surface area (Å²) < 4.78 is 0. The third-order valence-corrected chi connectivity index (χ3v) is 4.91. The Kier molecular flexibility index (Phi) is 4.64. The van der Waals surface area contributed by atoms with E-state index in [0.717, 1.165) is 23.1 Å². The Morgan fingerprint density at radius 2 is 2.03 bits per heavy atom. The van der Waals surface area contributed by atoms with Crippen molar-refractivity contribution in [3.8, 4) is 23.6 Å². The van der Waals surface area contributed by atoms with Crippen molar-refractivity contribution in [1.82, 2.24) is 20.2 Å². The molecule has 0 radical (unpaired) electrons. The van der Waals surface area contributed by atoms with E-state index in [9.17, 15) is 14.4 Å². The van der Waals surface area contributed by atoms with Crippen LogP contribution >= 0.6 is 11.3 Å². The van der Waals surface area contributed by atoms with Crippen molar-refractivity contribution in [2.24, 2.45) is 0 Å². The number of thiophene rings is 1. The minimum absolute atomic E-state index is 0.321. The van der Waals surface area contributed by atoms with Crippen LogP contribution in [0, 0.1) is 12.3 Å². The minimum Gasteiger partial charge on any atom is -0.315 e. The van der Waals surface area contributed by atoms with E-state index in [2.05, 4.69) is 30.8 Å². The summed E-state index contributed by atoms with van der Waals surface area (Å²) in [6.45, 7) is 0. The molecular formula is C19H12N6O3S. The molecular weight excluding hydrogens is 392 g/mol. The monoisotopic (exact) mass is 404 g/mol. The predicted molar refractivity (Wildman–Crippen MR) is 110 cm³/mol. The molecule has 9 nitrogen and oxygen atoms in total. The van der Waals surface area contributed by atoms with Crippen LogP contribution in [-0.2, 0) is 4.79 Å². The predicted octanol–water partition coefficient (Wildman–Crippen LogP) is 2.20. The highest BCUT2D eigenvalue weighted by Gasteiger charge is 2.14. The van der Waals surface area contributed by atoms with Crippen molar-refractivity contribution in [2.75, 3.05) is 10.6 Å². The fraction of sp³-hybridized carbons (Fsp3) is 0. The zero-order chi connectivity index (χ0) is 20.4. The Balaban J connectivity index is 1.52. The van der Waals surface area contributed by atoms with Crippen molar-refractivity contribution >= 4 is 45.0 Å². The van der Waals surface area contributed by atoms with Crippen LogP contribution in [0.4, 0.5) is 11.5 Å². The molecule has 29 heavy (non-hydrogen) atoms. The van der Waals surface area contributed by atoms with E-state index >= 15 is 0 Å². The summed E-state index contributed by atoms with van der Waals surface area (Å²) in [7, 11) is 0. The topological polar surface area (TPSA) is 133 Å². The summed E-state index contributed by atoms with van der Waals surface area (Å²) in [5.41, 5.74) is 2.13. The first-order chi connectivity index (χ1) is 14.0. The number of aromatic amines is 2. The largest absolute Gasteiger partial charge is 0.315 e. The van der Waals surface area contributed by atoms with E-state index < -0.39 is 5.91 Å². The number of terminal acetylenes is 1. The third kappa shape index (κ3) is 3.90. The van der Waals surface area contributed by atoms with Crippen LogP contribution in [0.5, 0.6) is 0 Å². The SMILES string of the molecule is C#CC(=O)Nc1cccc(-c2cc(NC(=O)c3cc4ncc(=O)[nH]c4s3)n[nH]2)c1. The Morgan fingerprint density at radius 1 is 1.17 bits per heavy atom. The molecule has 0 bridgehead atoms. The molecule has 0 fully saturated rings. The quantitative estimate of drug-likeness (QED) is 0.387. The number of fused-ring (bicyclic) bond motifs is 1. The highest BCUT2D eigenvalue weighted by atomic mass is 32.1. The molecule has 0 spiro atoms. The Bertz CT molecular complexity index is 1340. The third-order valence-electron chi connectivity index (χ3n) is 3.88. The van der Waals surface area contributed by atoms with Crippen molar-refractivity contribution < 1.29 is 9.59 Å². The fourth-order valence-corrected chi connectivity index (χ4v) is 3.50.